The number of hydrogen-bond donors (Lipinski definition) is 1. The highest BCUT2D eigenvalue weighted by molar-refractivity contribution is 14.2. The maximum atomic E-state index is 7.27. The molecule has 0 aliphatic rings. The molecule has 0 spiro atoms. The third-order valence-electron chi connectivity index (χ3n) is 1.13. The summed E-state index contributed by atoms with van der Waals surface area (Å²) in [5.74, 6) is 0. The quantitative estimate of drug-likeness (QED) is 0.513. The highest BCUT2D eigenvalue weighted by Gasteiger charge is 1.97. The topological polar surface area (TPSA) is 49.6 Å². The molecule has 0 aliphatic heterocycles. The summed E-state index contributed by atoms with van der Waals surface area (Å²) in [5.41, 5.74) is 1.27. The Labute approximate surface area is 81.1 Å². The molecular weight excluding hydrogens is 273 g/mol. The number of nitrogens with zero attached hydrogens (tertiary/aromatic N) is 2. The zero-order valence-corrected chi connectivity index (χ0v) is 8.81. The fraction of sp³-hybridized carbons (Fsp3) is 0.167. The average Bonchev–Trinajstić information content (AvgIpc) is 2.05. The van der Waals surface area contributed by atoms with Crippen molar-refractivity contribution in [1.29, 1.82) is 5.41 Å². The Bertz CT molecular complexity index is 259. The first-order valence-electron chi connectivity index (χ1n) is 2.90. The maximum absolute atomic E-state index is 7.27. The van der Waals surface area contributed by atoms with Crippen LogP contribution in [0.5, 0.6) is 0 Å². The minimum atomic E-state index is 0.495. The predicted octanol–water partition coefficient (Wildman–Crippen LogP) is 2.31. The summed E-state index contributed by atoms with van der Waals surface area (Å²) >= 11 is 2.12. The van der Waals surface area contributed by atoms with Crippen LogP contribution >= 0.6 is 30.1 Å². The van der Waals surface area contributed by atoms with E-state index in [4.69, 9.17) is 5.41 Å². The van der Waals surface area contributed by atoms with Gasteiger partial charge in [-0.15, -0.1) is 0 Å². The van der Waals surface area contributed by atoms with Crippen LogP contribution in [0.15, 0.2) is 17.6 Å². The van der Waals surface area contributed by atoms with Crippen LogP contribution in [0.3, 0.4) is 0 Å². The van der Waals surface area contributed by atoms with E-state index in [1.165, 1.54) is 8.93 Å². The Morgan fingerprint density at radius 1 is 1.55 bits per heavy atom. The second kappa shape index (κ2) is 4.01. The number of nitrogens with one attached hydrogen (secondary N) is 1. The van der Waals surface area contributed by atoms with Gasteiger partial charge in [-0.1, -0.05) is 0 Å². The van der Waals surface area contributed by atoms with Crippen molar-refractivity contribution in [2.24, 2.45) is 0 Å². The summed E-state index contributed by atoms with van der Waals surface area (Å²) in [5, 5.41) is 8.01. The van der Waals surface area contributed by atoms with Crippen LogP contribution in [-0.4, -0.2) is 15.7 Å². The molecule has 0 amide bonds. The van der Waals surface area contributed by atoms with Gasteiger partial charge in [-0.25, -0.2) is 9.97 Å². The molecule has 0 unspecified atom stereocenters. The lowest BCUT2D eigenvalue weighted by molar-refractivity contribution is 0.968. The zero-order valence-electron chi connectivity index (χ0n) is 5.84. The van der Waals surface area contributed by atoms with E-state index in [2.05, 4.69) is 31.2 Å². The summed E-state index contributed by atoms with van der Waals surface area (Å²) in [4.78, 5) is 8.04. The van der Waals surface area contributed by atoms with Crippen molar-refractivity contribution in [3.05, 3.63) is 18.0 Å². The minimum absolute atomic E-state index is 0.495. The first kappa shape index (κ1) is 8.92. The lowest BCUT2D eigenvalue weighted by Gasteiger charge is -1.95. The van der Waals surface area contributed by atoms with Gasteiger partial charge in [-0.2, -0.15) is 0 Å². The van der Waals surface area contributed by atoms with Crippen LogP contribution in [0.1, 0.15) is 12.5 Å². The molecule has 3 nitrogen and oxygen atoms in total. The van der Waals surface area contributed by atoms with Crippen molar-refractivity contribution < 1.29 is 0 Å². The molecule has 0 radical (unpaired) electrons. The smallest absolute Gasteiger partial charge is 0.197 e. The Kier molecular flexibility index (Phi) is 3.25. The second-order valence-corrected chi connectivity index (χ2v) is 3.80. The normalized spacial score (nSPS) is 9.64. The van der Waals surface area contributed by atoms with E-state index < -0.39 is 0 Å². The van der Waals surface area contributed by atoms with Gasteiger partial charge in [-0.05, 0) is 15.9 Å². The molecule has 1 heterocycles. The Balaban J connectivity index is 2.91. The molecule has 1 aromatic rings. The van der Waals surface area contributed by atoms with E-state index in [-0.39, 0.29) is 0 Å². The molecule has 0 fully saturated rings. The van der Waals surface area contributed by atoms with Gasteiger partial charge in [0.2, 0.25) is 0 Å². The lowest BCUT2D eigenvalue weighted by Crippen LogP contribution is -1.95. The molecule has 58 valence electrons. The van der Waals surface area contributed by atoms with E-state index in [0.717, 1.165) is 10.7 Å². The zero-order chi connectivity index (χ0) is 8.27. The van der Waals surface area contributed by atoms with Gasteiger partial charge in [0.05, 0.1) is 0 Å². The molecule has 0 aliphatic carbocycles. The Morgan fingerprint density at radius 2 is 2.09 bits per heavy atom. The van der Waals surface area contributed by atoms with Crippen molar-refractivity contribution >= 4 is 35.9 Å². The predicted molar refractivity (Wildman–Crippen MR) is 54.4 cm³/mol. The number of hydrogen-bond acceptors (Lipinski definition) is 4. The molecule has 0 saturated carbocycles. The van der Waals surface area contributed by atoms with Crippen molar-refractivity contribution in [2.45, 2.75) is 12.1 Å². The minimum Gasteiger partial charge on any atom is -0.305 e. The van der Waals surface area contributed by atoms with Gasteiger partial charge < -0.3 is 5.41 Å². The molecule has 11 heavy (non-hydrogen) atoms. The largest absolute Gasteiger partial charge is 0.305 e. The molecule has 0 atom stereocenters. The molecule has 0 bridgehead atoms. The first-order valence-corrected chi connectivity index (χ1v) is 6.26. The monoisotopic (exact) mass is 279 g/mol. The van der Waals surface area contributed by atoms with Crippen LogP contribution < -0.4 is 0 Å². The van der Waals surface area contributed by atoms with Crippen LogP contribution in [0.25, 0.3) is 0 Å². The van der Waals surface area contributed by atoms with Crippen LogP contribution in [-0.2, 0) is 0 Å². The molecule has 0 saturated heterocycles. The van der Waals surface area contributed by atoms with Gasteiger partial charge in [0.15, 0.2) is 5.16 Å². The lowest BCUT2D eigenvalue weighted by atomic mass is 10.2. The third kappa shape index (κ3) is 2.41. The first-order chi connectivity index (χ1) is 5.24. The summed E-state index contributed by atoms with van der Waals surface area (Å²) in [7, 11) is 1.47. The van der Waals surface area contributed by atoms with E-state index in [0.29, 0.717) is 5.71 Å². The van der Waals surface area contributed by atoms with Gasteiger partial charge in [-0.3, -0.25) is 0 Å². The van der Waals surface area contributed by atoms with Crippen molar-refractivity contribution in [3.63, 3.8) is 0 Å². The highest BCUT2D eigenvalue weighted by Crippen LogP contribution is 2.19. The summed E-state index contributed by atoms with van der Waals surface area (Å²) < 4.78 is 0. The van der Waals surface area contributed by atoms with Crippen molar-refractivity contribution in [3.8, 4) is 0 Å². The van der Waals surface area contributed by atoms with Crippen molar-refractivity contribution in [2.75, 3.05) is 0 Å². The van der Waals surface area contributed by atoms with E-state index in [9.17, 15) is 0 Å². The Hall–Kier alpha value is -0.170. The summed E-state index contributed by atoms with van der Waals surface area (Å²) in [6, 6.07) is 0. The average molecular weight is 279 g/mol. The van der Waals surface area contributed by atoms with Gasteiger partial charge in [0.1, 0.15) is 0 Å². The molecule has 1 rings (SSSR count). The molecule has 1 N–H and O–H groups in total. The number of rotatable bonds is 2. The van der Waals surface area contributed by atoms with Crippen LogP contribution in [0.4, 0.5) is 0 Å². The summed E-state index contributed by atoms with van der Waals surface area (Å²) in [6.45, 7) is 1.72. The molecular formula is C6H6IN3S. The van der Waals surface area contributed by atoms with E-state index >= 15 is 0 Å². The molecule has 0 aromatic carbocycles. The van der Waals surface area contributed by atoms with Crippen LogP contribution in [0.2, 0.25) is 0 Å². The number of halogens is 1. The highest BCUT2D eigenvalue weighted by atomic mass is 127. The second-order valence-electron chi connectivity index (χ2n) is 1.96. The maximum Gasteiger partial charge on any atom is 0.197 e. The van der Waals surface area contributed by atoms with Crippen LogP contribution in [0, 0.1) is 5.41 Å². The van der Waals surface area contributed by atoms with E-state index in [1.807, 2.05) is 0 Å². The number of aromatic nitrogens is 2. The fourth-order valence-corrected chi connectivity index (χ4v) is 1.42. The van der Waals surface area contributed by atoms with Crippen molar-refractivity contribution in [1.82, 2.24) is 9.97 Å². The standard InChI is InChI=1S/C6H6IN3S/c1-4(8)5-2-9-6(11-7)10-3-5/h2-3,8H,1H3. The van der Waals surface area contributed by atoms with Gasteiger partial charge in [0, 0.05) is 44.9 Å². The SMILES string of the molecule is CC(=N)c1cnc(SI)nc1. The third-order valence-corrected chi connectivity index (χ3v) is 2.66. The fourth-order valence-electron chi connectivity index (χ4n) is 0.550. The Morgan fingerprint density at radius 3 is 2.45 bits per heavy atom. The summed E-state index contributed by atoms with van der Waals surface area (Å²) in [6.07, 6.45) is 3.33. The molecule has 5 heteroatoms. The van der Waals surface area contributed by atoms with E-state index in [1.54, 1.807) is 19.3 Å². The van der Waals surface area contributed by atoms with Gasteiger partial charge in [0.25, 0.3) is 0 Å². The molecule has 1 aromatic heterocycles. The van der Waals surface area contributed by atoms with Gasteiger partial charge >= 0.3 is 0 Å².